The zero-order valence-electron chi connectivity index (χ0n) is 11.3. The lowest BCUT2D eigenvalue weighted by atomic mass is 10.1. The van der Waals surface area contributed by atoms with Gasteiger partial charge in [-0.2, -0.15) is 13.2 Å². The van der Waals surface area contributed by atoms with Crippen LogP contribution >= 0.6 is 0 Å². The van der Waals surface area contributed by atoms with E-state index in [9.17, 15) is 17.6 Å². The van der Waals surface area contributed by atoms with Gasteiger partial charge in [-0.15, -0.1) is 0 Å². The summed E-state index contributed by atoms with van der Waals surface area (Å²) in [4.78, 5) is 1.11. The van der Waals surface area contributed by atoms with E-state index < -0.39 is 30.4 Å². The standard InChI is InChI=1S/C13H17F4N3/c1-8(2)20(7-13(15,16)17)6-9-4-3-5-10(11(9)14)12(18)19/h3-5,8H,6-7H2,1-2H3,(H3,18,19). The molecular weight excluding hydrogens is 274 g/mol. The van der Waals surface area contributed by atoms with Crippen LogP contribution in [0.1, 0.15) is 25.0 Å². The van der Waals surface area contributed by atoms with Crippen molar-refractivity contribution in [2.24, 2.45) is 5.73 Å². The topological polar surface area (TPSA) is 53.1 Å². The van der Waals surface area contributed by atoms with Crippen LogP contribution in [0.2, 0.25) is 0 Å². The first kappa shape index (κ1) is 16.4. The third-order valence-electron chi connectivity index (χ3n) is 2.85. The van der Waals surface area contributed by atoms with Crippen molar-refractivity contribution in [3.05, 3.63) is 35.1 Å². The largest absolute Gasteiger partial charge is 0.401 e. The summed E-state index contributed by atoms with van der Waals surface area (Å²) in [6.07, 6.45) is -4.35. The highest BCUT2D eigenvalue weighted by molar-refractivity contribution is 5.95. The summed E-state index contributed by atoms with van der Waals surface area (Å²) in [5.41, 5.74) is 5.22. The van der Waals surface area contributed by atoms with Gasteiger partial charge in [0.2, 0.25) is 0 Å². The van der Waals surface area contributed by atoms with Gasteiger partial charge in [-0.1, -0.05) is 12.1 Å². The van der Waals surface area contributed by atoms with Crippen molar-refractivity contribution in [3.63, 3.8) is 0 Å². The van der Waals surface area contributed by atoms with Gasteiger partial charge in [-0.3, -0.25) is 10.3 Å². The van der Waals surface area contributed by atoms with Crippen molar-refractivity contribution in [2.75, 3.05) is 6.54 Å². The molecule has 0 atom stereocenters. The minimum Gasteiger partial charge on any atom is -0.384 e. The molecule has 0 aliphatic rings. The van der Waals surface area contributed by atoms with Crippen LogP contribution in [0.15, 0.2) is 18.2 Å². The first-order chi connectivity index (χ1) is 9.11. The molecule has 0 radical (unpaired) electrons. The first-order valence-corrected chi connectivity index (χ1v) is 6.04. The first-order valence-electron chi connectivity index (χ1n) is 6.04. The van der Waals surface area contributed by atoms with E-state index in [4.69, 9.17) is 11.1 Å². The Kier molecular flexibility index (Phi) is 5.10. The van der Waals surface area contributed by atoms with Crippen molar-refractivity contribution in [3.8, 4) is 0 Å². The van der Waals surface area contributed by atoms with E-state index in [1.807, 2.05) is 0 Å². The molecule has 0 aliphatic heterocycles. The average molecular weight is 291 g/mol. The lowest BCUT2D eigenvalue weighted by Gasteiger charge is -2.27. The molecule has 0 fully saturated rings. The Bertz CT molecular complexity index is 483. The summed E-state index contributed by atoms with van der Waals surface area (Å²) >= 11 is 0. The van der Waals surface area contributed by atoms with Crippen LogP contribution in [-0.4, -0.2) is 29.5 Å². The van der Waals surface area contributed by atoms with Crippen LogP contribution < -0.4 is 5.73 Å². The quantitative estimate of drug-likeness (QED) is 0.498. The van der Waals surface area contributed by atoms with Crippen molar-refractivity contribution in [2.45, 2.75) is 32.6 Å². The molecule has 1 aromatic carbocycles. The number of nitrogens with two attached hydrogens (primary N) is 1. The molecule has 1 rings (SSSR count). The summed E-state index contributed by atoms with van der Waals surface area (Å²) in [5.74, 6) is -1.19. The fourth-order valence-electron chi connectivity index (χ4n) is 1.78. The third kappa shape index (κ3) is 4.48. The van der Waals surface area contributed by atoms with Gasteiger partial charge in [-0.25, -0.2) is 4.39 Å². The zero-order chi connectivity index (χ0) is 15.5. The minimum absolute atomic E-state index is 0.0932. The van der Waals surface area contributed by atoms with E-state index in [0.29, 0.717) is 0 Å². The number of halogens is 4. The van der Waals surface area contributed by atoms with Crippen molar-refractivity contribution in [1.29, 1.82) is 5.41 Å². The second kappa shape index (κ2) is 6.21. The van der Waals surface area contributed by atoms with Crippen LogP contribution in [0.5, 0.6) is 0 Å². The minimum atomic E-state index is -4.35. The smallest absolute Gasteiger partial charge is 0.384 e. The normalized spacial score (nSPS) is 12.2. The number of nitrogens with zero attached hydrogens (tertiary/aromatic N) is 1. The molecule has 0 saturated heterocycles. The van der Waals surface area contributed by atoms with Gasteiger partial charge in [0.15, 0.2) is 0 Å². The molecule has 0 unspecified atom stereocenters. The van der Waals surface area contributed by atoms with Crippen molar-refractivity contribution < 1.29 is 17.6 Å². The zero-order valence-corrected chi connectivity index (χ0v) is 11.3. The number of nitrogen functional groups attached to an aromatic ring is 1. The molecule has 0 spiro atoms. The highest BCUT2D eigenvalue weighted by atomic mass is 19.4. The Balaban J connectivity index is 3.00. The SMILES string of the molecule is CC(C)N(Cc1cccc(C(=N)N)c1F)CC(F)(F)F. The molecule has 3 nitrogen and oxygen atoms in total. The van der Waals surface area contributed by atoms with Gasteiger partial charge >= 0.3 is 6.18 Å². The lowest BCUT2D eigenvalue weighted by Crippen LogP contribution is -2.38. The monoisotopic (exact) mass is 291 g/mol. The van der Waals surface area contributed by atoms with Gasteiger partial charge in [0, 0.05) is 18.2 Å². The van der Waals surface area contributed by atoms with E-state index in [1.54, 1.807) is 13.8 Å². The molecule has 0 saturated carbocycles. The Labute approximate surface area is 114 Å². The van der Waals surface area contributed by atoms with Crippen molar-refractivity contribution in [1.82, 2.24) is 4.90 Å². The van der Waals surface area contributed by atoms with Crippen LogP contribution in [-0.2, 0) is 6.54 Å². The molecule has 0 bridgehead atoms. The van der Waals surface area contributed by atoms with Gasteiger partial charge in [0.05, 0.1) is 12.1 Å². The highest BCUT2D eigenvalue weighted by Gasteiger charge is 2.32. The van der Waals surface area contributed by atoms with Gasteiger partial charge in [0.25, 0.3) is 0 Å². The Morgan fingerprint density at radius 2 is 1.95 bits per heavy atom. The second-order valence-electron chi connectivity index (χ2n) is 4.81. The summed E-state index contributed by atoms with van der Waals surface area (Å²) in [6.45, 7) is 1.91. The highest BCUT2D eigenvalue weighted by Crippen LogP contribution is 2.21. The number of alkyl halides is 3. The van der Waals surface area contributed by atoms with Crippen LogP contribution in [0.4, 0.5) is 17.6 Å². The average Bonchev–Trinajstić information content (AvgIpc) is 2.28. The van der Waals surface area contributed by atoms with Crippen molar-refractivity contribution >= 4 is 5.84 Å². The predicted molar refractivity (Wildman–Crippen MR) is 69.0 cm³/mol. The number of hydrogen-bond donors (Lipinski definition) is 2. The fourth-order valence-corrected chi connectivity index (χ4v) is 1.78. The molecule has 0 aromatic heterocycles. The molecule has 112 valence electrons. The van der Waals surface area contributed by atoms with Crippen LogP contribution in [0, 0.1) is 11.2 Å². The Morgan fingerprint density at radius 1 is 1.35 bits per heavy atom. The van der Waals surface area contributed by atoms with Gasteiger partial charge in [-0.05, 0) is 19.9 Å². The van der Waals surface area contributed by atoms with E-state index in [0.717, 1.165) is 4.90 Å². The molecular formula is C13H17F4N3. The second-order valence-corrected chi connectivity index (χ2v) is 4.81. The van der Waals surface area contributed by atoms with E-state index >= 15 is 0 Å². The van der Waals surface area contributed by atoms with Gasteiger partial charge in [0.1, 0.15) is 11.7 Å². The Morgan fingerprint density at radius 3 is 2.40 bits per heavy atom. The number of benzene rings is 1. The van der Waals surface area contributed by atoms with Crippen LogP contribution in [0.25, 0.3) is 0 Å². The van der Waals surface area contributed by atoms with E-state index in [1.165, 1.54) is 18.2 Å². The lowest BCUT2D eigenvalue weighted by molar-refractivity contribution is -0.151. The number of rotatable bonds is 5. The summed E-state index contributed by atoms with van der Waals surface area (Å²) in [6, 6.07) is 3.80. The maximum atomic E-state index is 14.1. The number of amidine groups is 1. The number of hydrogen-bond acceptors (Lipinski definition) is 2. The molecule has 3 N–H and O–H groups in total. The molecule has 0 heterocycles. The molecule has 1 aromatic rings. The molecule has 0 amide bonds. The molecule has 7 heteroatoms. The number of nitrogens with one attached hydrogen (secondary N) is 1. The van der Waals surface area contributed by atoms with Gasteiger partial charge < -0.3 is 5.73 Å². The van der Waals surface area contributed by atoms with E-state index in [-0.39, 0.29) is 17.7 Å². The summed E-state index contributed by atoms with van der Waals surface area (Å²) < 4.78 is 51.5. The fraction of sp³-hybridized carbons (Fsp3) is 0.462. The summed E-state index contributed by atoms with van der Waals surface area (Å²) in [5, 5.41) is 7.23. The maximum Gasteiger partial charge on any atom is 0.401 e. The predicted octanol–water partition coefficient (Wildman–Crippen LogP) is 2.88. The van der Waals surface area contributed by atoms with Crippen LogP contribution in [0.3, 0.4) is 0 Å². The maximum absolute atomic E-state index is 14.1. The summed E-state index contributed by atoms with van der Waals surface area (Å²) in [7, 11) is 0. The Hall–Kier alpha value is -1.63. The molecule has 0 aliphatic carbocycles. The van der Waals surface area contributed by atoms with E-state index in [2.05, 4.69) is 0 Å². The molecule has 20 heavy (non-hydrogen) atoms. The third-order valence-corrected chi connectivity index (χ3v) is 2.85.